The summed E-state index contributed by atoms with van der Waals surface area (Å²) in [4.78, 5) is 27.9. The molecule has 4 heterocycles. The molecule has 0 spiro atoms. The normalized spacial score (nSPS) is 24.0. The largest absolute Gasteiger partial charge is 0.350 e. The van der Waals surface area contributed by atoms with Crippen molar-refractivity contribution in [3.8, 4) is 0 Å². The van der Waals surface area contributed by atoms with Crippen molar-refractivity contribution < 1.29 is 4.79 Å². The third-order valence-electron chi connectivity index (χ3n) is 6.14. The number of likely N-dealkylation sites (tertiary alicyclic amines) is 1. The maximum absolute atomic E-state index is 12.7. The van der Waals surface area contributed by atoms with Gasteiger partial charge in [0.1, 0.15) is 0 Å². The van der Waals surface area contributed by atoms with Gasteiger partial charge in [0.25, 0.3) is 11.5 Å². The van der Waals surface area contributed by atoms with E-state index in [0.29, 0.717) is 29.6 Å². The Labute approximate surface area is 165 Å². The van der Waals surface area contributed by atoms with Gasteiger partial charge in [-0.3, -0.25) is 14.3 Å². The number of fused-ring (bicyclic) bond motifs is 4. The molecule has 150 valence electrons. The summed E-state index contributed by atoms with van der Waals surface area (Å²) >= 11 is 0. The van der Waals surface area contributed by atoms with E-state index >= 15 is 0 Å². The Balaban J connectivity index is 1.60. The quantitative estimate of drug-likeness (QED) is 0.853. The second-order valence-corrected chi connectivity index (χ2v) is 8.19. The van der Waals surface area contributed by atoms with Crippen molar-refractivity contribution >= 4 is 5.91 Å². The zero-order chi connectivity index (χ0) is 19.8. The molecule has 28 heavy (non-hydrogen) atoms. The van der Waals surface area contributed by atoms with Gasteiger partial charge in [-0.25, -0.2) is 0 Å². The molecule has 3 atom stereocenters. The SMILES string of the molecule is CCCN1C[C@H]2C[C@@H](C1)[C@H](CNC(=O)c1cn(C)nc1C)n1c2cccc1=O. The fourth-order valence-corrected chi connectivity index (χ4v) is 5.01. The standard InChI is InChI=1S/C21H29N5O2/c1-4-8-25-11-15-9-16(12-25)19(26-18(15)6-5-7-20(26)27)10-22-21(28)17-13-24(3)23-14(17)2/h5-7,13,15-16,19H,4,8-12H2,1-3H3,(H,22,28)/t15-,16+,19+/m1/s1. The van der Waals surface area contributed by atoms with Crippen LogP contribution < -0.4 is 10.9 Å². The number of aryl methyl sites for hydroxylation is 2. The van der Waals surface area contributed by atoms with Crippen LogP contribution in [0.2, 0.25) is 0 Å². The highest BCUT2D eigenvalue weighted by atomic mass is 16.2. The van der Waals surface area contributed by atoms with Crippen LogP contribution in [-0.2, 0) is 7.05 Å². The minimum Gasteiger partial charge on any atom is -0.350 e. The Kier molecular flexibility index (Phi) is 5.10. The maximum atomic E-state index is 12.7. The smallest absolute Gasteiger partial charge is 0.254 e. The summed E-state index contributed by atoms with van der Waals surface area (Å²) in [5.74, 6) is 0.638. The van der Waals surface area contributed by atoms with E-state index in [1.54, 1.807) is 16.9 Å². The third-order valence-corrected chi connectivity index (χ3v) is 6.14. The predicted molar refractivity (Wildman–Crippen MR) is 108 cm³/mol. The number of carbonyl (C=O) groups is 1. The molecule has 2 aromatic rings. The van der Waals surface area contributed by atoms with Gasteiger partial charge in [0.2, 0.25) is 0 Å². The lowest BCUT2D eigenvalue weighted by atomic mass is 9.78. The Morgan fingerprint density at radius 2 is 2.14 bits per heavy atom. The Hall–Kier alpha value is -2.41. The molecular formula is C21H29N5O2. The Morgan fingerprint density at radius 1 is 1.32 bits per heavy atom. The molecule has 1 saturated heterocycles. The first-order valence-electron chi connectivity index (χ1n) is 10.2. The van der Waals surface area contributed by atoms with Crippen molar-refractivity contribution in [2.75, 3.05) is 26.2 Å². The lowest BCUT2D eigenvalue weighted by Gasteiger charge is -2.47. The first-order chi connectivity index (χ1) is 13.5. The van der Waals surface area contributed by atoms with E-state index in [1.165, 1.54) is 0 Å². The monoisotopic (exact) mass is 383 g/mol. The van der Waals surface area contributed by atoms with Crippen LogP contribution in [0, 0.1) is 12.8 Å². The van der Waals surface area contributed by atoms with Gasteiger partial charge < -0.3 is 14.8 Å². The number of carbonyl (C=O) groups excluding carboxylic acids is 1. The lowest BCUT2D eigenvalue weighted by molar-refractivity contribution is 0.0820. The summed E-state index contributed by atoms with van der Waals surface area (Å²) in [5, 5.41) is 7.32. The van der Waals surface area contributed by atoms with Gasteiger partial charge >= 0.3 is 0 Å². The zero-order valence-electron chi connectivity index (χ0n) is 16.9. The van der Waals surface area contributed by atoms with Crippen molar-refractivity contribution in [3.05, 3.63) is 51.7 Å². The molecular weight excluding hydrogens is 354 g/mol. The van der Waals surface area contributed by atoms with Crippen LogP contribution in [0.4, 0.5) is 0 Å². The average Bonchev–Trinajstić information content (AvgIpc) is 3.00. The van der Waals surface area contributed by atoms with Gasteiger partial charge in [-0.2, -0.15) is 5.10 Å². The second-order valence-electron chi connectivity index (χ2n) is 8.19. The first kappa shape index (κ1) is 18.9. The van der Waals surface area contributed by atoms with Crippen LogP contribution in [0.15, 0.2) is 29.2 Å². The molecule has 1 fully saturated rings. The van der Waals surface area contributed by atoms with Crippen molar-refractivity contribution in [1.82, 2.24) is 24.6 Å². The van der Waals surface area contributed by atoms with Gasteiger partial charge in [-0.05, 0) is 38.3 Å². The van der Waals surface area contributed by atoms with Crippen LogP contribution in [0.5, 0.6) is 0 Å². The molecule has 4 rings (SSSR count). The molecule has 0 saturated carbocycles. The van der Waals surface area contributed by atoms with E-state index in [9.17, 15) is 9.59 Å². The molecule has 2 aromatic heterocycles. The number of hydrogen-bond donors (Lipinski definition) is 1. The summed E-state index contributed by atoms with van der Waals surface area (Å²) in [7, 11) is 1.81. The number of pyridine rings is 1. The van der Waals surface area contributed by atoms with Gasteiger partial charge in [-0.15, -0.1) is 0 Å². The summed E-state index contributed by atoms with van der Waals surface area (Å²) in [5.41, 5.74) is 2.45. The molecule has 7 nitrogen and oxygen atoms in total. The molecule has 0 unspecified atom stereocenters. The number of rotatable bonds is 5. The molecule has 1 amide bonds. The van der Waals surface area contributed by atoms with Gasteiger partial charge in [0.05, 0.1) is 17.3 Å². The maximum Gasteiger partial charge on any atom is 0.254 e. The van der Waals surface area contributed by atoms with Crippen molar-refractivity contribution in [2.24, 2.45) is 13.0 Å². The number of nitrogens with one attached hydrogen (secondary N) is 1. The Morgan fingerprint density at radius 3 is 2.86 bits per heavy atom. The minimum absolute atomic E-state index is 0.0134. The van der Waals surface area contributed by atoms with Crippen LogP contribution in [0.25, 0.3) is 0 Å². The second kappa shape index (κ2) is 7.54. The molecule has 2 aliphatic rings. The summed E-state index contributed by atoms with van der Waals surface area (Å²) < 4.78 is 3.59. The third kappa shape index (κ3) is 3.39. The molecule has 0 aliphatic carbocycles. The van der Waals surface area contributed by atoms with Gasteiger partial charge in [0.15, 0.2) is 0 Å². The molecule has 0 radical (unpaired) electrons. The Bertz CT molecular complexity index is 931. The highest BCUT2D eigenvalue weighted by molar-refractivity contribution is 5.95. The van der Waals surface area contributed by atoms with Crippen LogP contribution in [0.1, 0.15) is 53.5 Å². The van der Waals surface area contributed by atoms with E-state index in [4.69, 9.17) is 0 Å². The van der Waals surface area contributed by atoms with Gasteiger partial charge in [-0.1, -0.05) is 13.0 Å². The zero-order valence-corrected chi connectivity index (χ0v) is 16.9. The van der Waals surface area contributed by atoms with Crippen LogP contribution in [0.3, 0.4) is 0 Å². The molecule has 0 aromatic carbocycles. The average molecular weight is 383 g/mol. The minimum atomic E-state index is -0.125. The number of aromatic nitrogens is 3. The predicted octanol–water partition coefficient (Wildman–Crippen LogP) is 1.69. The number of hydrogen-bond acceptors (Lipinski definition) is 4. The molecule has 2 aliphatic heterocycles. The first-order valence-corrected chi connectivity index (χ1v) is 10.2. The summed E-state index contributed by atoms with van der Waals surface area (Å²) in [6.07, 6.45) is 3.95. The van der Waals surface area contributed by atoms with E-state index in [1.807, 2.05) is 24.6 Å². The highest BCUT2D eigenvalue weighted by Gasteiger charge is 2.40. The number of piperidine rings is 1. The van der Waals surface area contributed by atoms with E-state index in [2.05, 4.69) is 28.3 Å². The number of amides is 1. The van der Waals surface area contributed by atoms with E-state index in [-0.39, 0.29) is 17.5 Å². The number of nitrogens with zero attached hydrogens (tertiary/aromatic N) is 4. The summed E-state index contributed by atoms with van der Waals surface area (Å²) in [6, 6.07) is 5.56. The van der Waals surface area contributed by atoms with Crippen LogP contribution in [-0.4, -0.2) is 51.3 Å². The fraction of sp³-hybridized carbons (Fsp3) is 0.571. The van der Waals surface area contributed by atoms with Crippen LogP contribution >= 0.6 is 0 Å². The highest BCUT2D eigenvalue weighted by Crippen LogP contribution is 2.40. The topological polar surface area (TPSA) is 72.2 Å². The fourth-order valence-electron chi connectivity index (χ4n) is 5.01. The van der Waals surface area contributed by atoms with E-state index < -0.39 is 0 Å². The molecule has 2 bridgehead atoms. The lowest BCUT2D eigenvalue weighted by Crippen LogP contribution is -2.52. The van der Waals surface area contributed by atoms with Crippen molar-refractivity contribution in [2.45, 2.75) is 38.6 Å². The molecule has 1 N–H and O–H groups in total. The van der Waals surface area contributed by atoms with E-state index in [0.717, 1.165) is 38.2 Å². The van der Waals surface area contributed by atoms with Gasteiger partial charge in [0, 0.05) is 50.6 Å². The van der Waals surface area contributed by atoms with Crippen molar-refractivity contribution in [3.63, 3.8) is 0 Å². The molecule has 7 heteroatoms. The summed E-state index contributed by atoms with van der Waals surface area (Å²) in [6.45, 7) is 7.58. The van der Waals surface area contributed by atoms with Crippen molar-refractivity contribution in [1.29, 1.82) is 0 Å².